The second-order valence-electron chi connectivity index (χ2n) is 4.09. The predicted octanol–water partition coefficient (Wildman–Crippen LogP) is 1.50. The van der Waals surface area contributed by atoms with E-state index in [1.165, 1.54) is 25.7 Å². The SMILES string of the molecule is CCC(C)C(N)CNC1CCC1. The van der Waals surface area contributed by atoms with Crippen molar-refractivity contribution in [2.24, 2.45) is 11.7 Å². The van der Waals surface area contributed by atoms with Crippen LogP contribution in [0.4, 0.5) is 0 Å². The van der Waals surface area contributed by atoms with Crippen LogP contribution in [0.25, 0.3) is 0 Å². The number of nitrogens with two attached hydrogens (primary N) is 1. The monoisotopic (exact) mass is 170 g/mol. The van der Waals surface area contributed by atoms with Crippen LogP contribution in [0, 0.1) is 5.92 Å². The highest BCUT2D eigenvalue weighted by atomic mass is 14.9. The fraction of sp³-hybridized carbons (Fsp3) is 1.00. The Morgan fingerprint density at radius 2 is 2.17 bits per heavy atom. The summed E-state index contributed by atoms with van der Waals surface area (Å²) in [6, 6.07) is 1.12. The minimum Gasteiger partial charge on any atom is -0.326 e. The van der Waals surface area contributed by atoms with Gasteiger partial charge in [-0.15, -0.1) is 0 Å². The van der Waals surface area contributed by atoms with Gasteiger partial charge < -0.3 is 11.1 Å². The van der Waals surface area contributed by atoms with Crippen molar-refractivity contribution in [3.63, 3.8) is 0 Å². The lowest BCUT2D eigenvalue weighted by Crippen LogP contribution is -2.45. The van der Waals surface area contributed by atoms with Crippen LogP contribution in [0.2, 0.25) is 0 Å². The minimum atomic E-state index is 0.343. The Kier molecular flexibility index (Phi) is 4.02. The summed E-state index contributed by atoms with van der Waals surface area (Å²) in [6.45, 7) is 5.43. The van der Waals surface area contributed by atoms with E-state index in [9.17, 15) is 0 Å². The summed E-state index contributed by atoms with van der Waals surface area (Å²) in [4.78, 5) is 0. The Balaban J connectivity index is 2.04. The first-order valence-corrected chi connectivity index (χ1v) is 5.23. The molecule has 0 radical (unpaired) electrons. The molecule has 2 heteroatoms. The third-order valence-corrected chi connectivity index (χ3v) is 3.12. The van der Waals surface area contributed by atoms with Crippen LogP contribution in [-0.2, 0) is 0 Å². The largest absolute Gasteiger partial charge is 0.326 e. The molecule has 0 aromatic heterocycles. The van der Waals surface area contributed by atoms with Crippen LogP contribution < -0.4 is 11.1 Å². The van der Waals surface area contributed by atoms with Gasteiger partial charge in [-0.1, -0.05) is 26.7 Å². The van der Waals surface area contributed by atoms with E-state index in [0.29, 0.717) is 12.0 Å². The van der Waals surface area contributed by atoms with Crippen molar-refractivity contribution in [2.75, 3.05) is 6.54 Å². The molecule has 0 aromatic rings. The molecular formula is C10H22N2. The molecule has 12 heavy (non-hydrogen) atoms. The van der Waals surface area contributed by atoms with Crippen molar-refractivity contribution in [1.29, 1.82) is 0 Å². The van der Waals surface area contributed by atoms with Gasteiger partial charge in [-0.05, 0) is 18.8 Å². The maximum atomic E-state index is 5.99. The lowest BCUT2D eigenvalue weighted by Gasteiger charge is -2.29. The molecule has 1 aliphatic carbocycles. The van der Waals surface area contributed by atoms with Gasteiger partial charge >= 0.3 is 0 Å². The third kappa shape index (κ3) is 2.76. The molecule has 0 aliphatic heterocycles. The second-order valence-corrected chi connectivity index (χ2v) is 4.09. The molecule has 0 aromatic carbocycles. The fourth-order valence-corrected chi connectivity index (χ4v) is 1.42. The first-order valence-electron chi connectivity index (χ1n) is 5.23. The molecule has 1 aliphatic rings. The van der Waals surface area contributed by atoms with Crippen LogP contribution >= 0.6 is 0 Å². The predicted molar refractivity (Wildman–Crippen MR) is 53.1 cm³/mol. The van der Waals surface area contributed by atoms with E-state index < -0.39 is 0 Å². The zero-order valence-electron chi connectivity index (χ0n) is 8.34. The van der Waals surface area contributed by atoms with Gasteiger partial charge in [-0.2, -0.15) is 0 Å². The summed E-state index contributed by atoms with van der Waals surface area (Å²) in [5.74, 6) is 0.651. The molecular weight excluding hydrogens is 148 g/mol. The Bertz CT molecular complexity index is 121. The summed E-state index contributed by atoms with van der Waals surface area (Å²) < 4.78 is 0. The average molecular weight is 170 g/mol. The molecule has 0 saturated heterocycles. The van der Waals surface area contributed by atoms with Crippen LogP contribution in [0.3, 0.4) is 0 Å². The Morgan fingerprint density at radius 1 is 1.50 bits per heavy atom. The highest BCUT2D eigenvalue weighted by molar-refractivity contribution is 4.79. The van der Waals surface area contributed by atoms with Gasteiger partial charge in [0.15, 0.2) is 0 Å². The van der Waals surface area contributed by atoms with Gasteiger partial charge in [0.05, 0.1) is 0 Å². The molecule has 0 bridgehead atoms. The maximum Gasteiger partial charge on any atom is 0.0191 e. The molecule has 0 amide bonds. The molecule has 0 heterocycles. The van der Waals surface area contributed by atoms with E-state index >= 15 is 0 Å². The lowest BCUT2D eigenvalue weighted by atomic mass is 9.92. The van der Waals surface area contributed by atoms with Crippen LogP contribution in [0.1, 0.15) is 39.5 Å². The minimum absolute atomic E-state index is 0.343. The summed E-state index contributed by atoms with van der Waals surface area (Å²) in [5, 5.41) is 3.51. The molecule has 2 nitrogen and oxygen atoms in total. The lowest BCUT2D eigenvalue weighted by molar-refractivity contribution is 0.312. The second kappa shape index (κ2) is 4.83. The first-order chi connectivity index (χ1) is 5.74. The van der Waals surface area contributed by atoms with Gasteiger partial charge in [-0.3, -0.25) is 0 Å². The normalized spacial score (nSPS) is 23.2. The summed E-state index contributed by atoms with van der Waals surface area (Å²) >= 11 is 0. The zero-order chi connectivity index (χ0) is 8.97. The fourth-order valence-electron chi connectivity index (χ4n) is 1.42. The molecule has 1 saturated carbocycles. The first kappa shape index (κ1) is 10.0. The highest BCUT2D eigenvalue weighted by Gasteiger charge is 2.18. The van der Waals surface area contributed by atoms with E-state index in [0.717, 1.165) is 12.6 Å². The average Bonchev–Trinajstić information content (AvgIpc) is 2.00. The topological polar surface area (TPSA) is 38.0 Å². The van der Waals surface area contributed by atoms with E-state index in [-0.39, 0.29) is 0 Å². The third-order valence-electron chi connectivity index (χ3n) is 3.12. The molecule has 3 N–H and O–H groups in total. The molecule has 1 rings (SSSR count). The van der Waals surface area contributed by atoms with Crippen molar-refractivity contribution in [2.45, 2.75) is 51.6 Å². The summed E-state index contributed by atoms with van der Waals surface area (Å²) in [6.07, 6.45) is 5.30. The standard InChI is InChI=1S/C10H22N2/c1-3-8(2)10(11)7-12-9-5-4-6-9/h8-10,12H,3-7,11H2,1-2H3. The van der Waals surface area contributed by atoms with Crippen molar-refractivity contribution < 1.29 is 0 Å². The van der Waals surface area contributed by atoms with Gasteiger partial charge in [0.25, 0.3) is 0 Å². The van der Waals surface area contributed by atoms with Crippen molar-refractivity contribution in [1.82, 2.24) is 5.32 Å². The highest BCUT2D eigenvalue weighted by Crippen LogP contribution is 2.18. The molecule has 1 fully saturated rings. The summed E-state index contributed by atoms with van der Waals surface area (Å²) in [7, 11) is 0. The van der Waals surface area contributed by atoms with Gasteiger partial charge in [0.2, 0.25) is 0 Å². The van der Waals surface area contributed by atoms with E-state index in [2.05, 4.69) is 19.2 Å². The van der Waals surface area contributed by atoms with Crippen LogP contribution in [-0.4, -0.2) is 18.6 Å². The van der Waals surface area contributed by atoms with Crippen molar-refractivity contribution in [3.05, 3.63) is 0 Å². The summed E-state index contributed by atoms with van der Waals surface area (Å²) in [5.41, 5.74) is 5.99. The van der Waals surface area contributed by atoms with E-state index in [1.807, 2.05) is 0 Å². The quantitative estimate of drug-likeness (QED) is 0.656. The smallest absolute Gasteiger partial charge is 0.0191 e. The van der Waals surface area contributed by atoms with E-state index in [1.54, 1.807) is 0 Å². The Labute approximate surface area is 75.9 Å². The Morgan fingerprint density at radius 3 is 2.58 bits per heavy atom. The van der Waals surface area contributed by atoms with Crippen molar-refractivity contribution in [3.8, 4) is 0 Å². The zero-order valence-corrected chi connectivity index (χ0v) is 8.34. The van der Waals surface area contributed by atoms with E-state index in [4.69, 9.17) is 5.73 Å². The maximum absolute atomic E-state index is 5.99. The number of nitrogens with one attached hydrogen (secondary N) is 1. The number of hydrogen-bond donors (Lipinski definition) is 2. The van der Waals surface area contributed by atoms with Crippen LogP contribution in [0.15, 0.2) is 0 Å². The van der Waals surface area contributed by atoms with Gasteiger partial charge in [0.1, 0.15) is 0 Å². The molecule has 2 unspecified atom stereocenters. The van der Waals surface area contributed by atoms with Crippen molar-refractivity contribution >= 4 is 0 Å². The van der Waals surface area contributed by atoms with Gasteiger partial charge in [0, 0.05) is 18.6 Å². The molecule has 2 atom stereocenters. The van der Waals surface area contributed by atoms with Crippen LogP contribution in [0.5, 0.6) is 0 Å². The number of rotatable bonds is 5. The number of hydrogen-bond acceptors (Lipinski definition) is 2. The molecule has 72 valence electrons. The molecule has 0 spiro atoms. The Hall–Kier alpha value is -0.0800. The van der Waals surface area contributed by atoms with Gasteiger partial charge in [-0.25, -0.2) is 0 Å².